The van der Waals surface area contributed by atoms with Crippen molar-refractivity contribution in [1.29, 1.82) is 0 Å². The van der Waals surface area contributed by atoms with E-state index in [1.807, 2.05) is 44.3 Å². The van der Waals surface area contributed by atoms with Crippen molar-refractivity contribution in [2.24, 2.45) is 5.73 Å². The number of hydrogen-bond acceptors (Lipinski definition) is 3. The van der Waals surface area contributed by atoms with Gasteiger partial charge in [0.15, 0.2) is 0 Å². The first-order chi connectivity index (χ1) is 9.13. The summed E-state index contributed by atoms with van der Waals surface area (Å²) < 4.78 is 5.58. The summed E-state index contributed by atoms with van der Waals surface area (Å²) >= 11 is 0. The van der Waals surface area contributed by atoms with Crippen molar-refractivity contribution in [2.75, 3.05) is 20.2 Å². The zero-order valence-corrected chi connectivity index (χ0v) is 11.8. The molecular weight excluding hydrogens is 240 g/mol. The van der Waals surface area contributed by atoms with E-state index >= 15 is 0 Å². The highest BCUT2D eigenvalue weighted by molar-refractivity contribution is 5.76. The Balaban J connectivity index is 2.16. The summed E-state index contributed by atoms with van der Waals surface area (Å²) in [7, 11) is 1.81. The first kappa shape index (κ1) is 15.5. The molecule has 0 fully saturated rings. The smallest absolute Gasteiger partial charge is 0.223 e. The first-order valence-corrected chi connectivity index (χ1v) is 6.81. The van der Waals surface area contributed by atoms with Gasteiger partial charge >= 0.3 is 0 Å². The Morgan fingerprint density at radius 3 is 2.68 bits per heavy atom. The number of hydrogen-bond donors (Lipinski definition) is 1. The molecule has 0 radical (unpaired) electrons. The van der Waals surface area contributed by atoms with Crippen LogP contribution in [0.3, 0.4) is 0 Å². The number of carbonyl (C=O) groups excluding carboxylic acids is 1. The van der Waals surface area contributed by atoms with Crippen molar-refractivity contribution in [3.63, 3.8) is 0 Å². The van der Waals surface area contributed by atoms with Crippen molar-refractivity contribution in [3.05, 3.63) is 30.3 Å². The average molecular weight is 264 g/mol. The SMILES string of the molecule is CCC(N)CC(=O)N(C)CCCOc1ccccc1. The number of carbonyl (C=O) groups is 1. The van der Waals surface area contributed by atoms with Crippen LogP contribution in [0, 0.1) is 0 Å². The molecular formula is C15H24N2O2. The zero-order valence-electron chi connectivity index (χ0n) is 11.8. The second-order valence-corrected chi connectivity index (χ2v) is 4.70. The van der Waals surface area contributed by atoms with E-state index in [-0.39, 0.29) is 11.9 Å². The second kappa shape index (κ2) is 8.53. The van der Waals surface area contributed by atoms with Gasteiger partial charge in [-0.1, -0.05) is 25.1 Å². The maximum absolute atomic E-state index is 11.8. The lowest BCUT2D eigenvalue weighted by molar-refractivity contribution is -0.130. The molecule has 0 saturated carbocycles. The van der Waals surface area contributed by atoms with E-state index in [1.165, 1.54) is 0 Å². The summed E-state index contributed by atoms with van der Waals surface area (Å²) in [5, 5.41) is 0. The standard InChI is InChI=1S/C15H24N2O2/c1-3-13(16)12-15(18)17(2)10-7-11-19-14-8-5-4-6-9-14/h4-6,8-9,13H,3,7,10-12,16H2,1-2H3. The lowest BCUT2D eigenvalue weighted by Gasteiger charge is -2.19. The van der Waals surface area contributed by atoms with Gasteiger partial charge in [-0.05, 0) is 25.0 Å². The van der Waals surface area contributed by atoms with Gasteiger partial charge < -0.3 is 15.4 Å². The molecule has 0 aliphatic rings. The molecule has 106 valence electrons. The van der Waals surface area contributed by atoms with Gasteiger partial charge in [-0.3, -0.25) is 4.79 Å². The van der Waals surface area contributed by atoms with Crippen molar-refractivity contribution in [3.8, 4) is 5.75 Å². The first-order valence-electron chi connectivity index (χ1n) is 6.81. The fourth-order valence-electron chi connectivity index (χ4n) is 1.66. The van der Waals surface area contributed by atoms with E-state index in [9.17, 15) is 4.79 Å². The summed E-state index contributed by atoms with van der Waals surface area (Å²) in [4.78, 5) is 13.5. The third-order valence-corrected chi connectivity index (χ3v) is 3.04. The number of amides is 1. The summed E-state index contributed by atoms with van der Waals surface area (Å²) in [6, 6.07) is 9.66. The largest absolute Gasteiger partial charge is 0.494 e. The van der Waals surface area contributed by atoms with Crippen LogP contribution in [0.15, 0.2) is 30.3 Å². The normalized spacial score (nSPS) is 11.9. The summed E-state index contributed by atoms with van der Waals surface area (Å²) in [6.07, 6.45) is 2.07. The van der Waals surface area contributed by atoms with Gasteiger partial charge in [-0.2, -0.15) is 0 Å². The van der Waals surface area contributed by atoms with Crippen LogP contribution < -0.4 is 10.5 Å². The van der Waals surface area contributed by atoms with Gasteiger partial charge in [-0.15, -0.1) is 0 Å². The van der Waals surface area contributed by atoms with Crippen molar-refractivity contribution in [2.45, 2.75) is 32.2 Å². The van der Waals surface area contributed by atoms with Gasteiger partial charge in [0.25, 0.3) is 0 Å². The molecule has 4 nitrogen and oxygen atoms in total. The van der Waals surface area contributed by atoms with Crippen LogP contribution in [0.5, 0.6) is 5.75 Å². The number of ether oxygens (including phenoxy) is 1. The highest BCUT2D eigenvalue weighted by Crippen LogP contribution is 2.08. The summed E-state index contributed by atoms with van der Waals surface area (Å²) in [5.41, 5.74) is 5.77. The molecule has 0 aromatic heterocycles. The van der Waals surface area contributed by atoms with E-state index in [2.05, 4.69) is 0 Å². The number of rotatable bonds is 8. The fourth-order valence-corrected chi connectivity index (χ4v) is 1.66. The van der Waals surface area contributed by atoms with E-state index < -0.39 is 0 Å². The van der Waals surface area contributed by atoms with E-state index in [0.29, 0.717) is 19.6 Å². The zero-order chi connectivity index (χ0) is 14.1. The van der Waals surface area contributed by atoms with Crippen LogP contribution in [0.4, 0.5) is 0 Å². The van der Waals surface area contributed by atoms with E-state index in [1.54, 1.807) is 4.90 Å². The van der Waals surface area contributed by atoms with Crippen LogP contribution in [0.1, 0.15) is 26.2 Å². The average Bonchev–Trinajstić information content (AvgIpc) is 2.44. The highest BCUT2D eigenvalue weighted by atomic mass is 16.5. The predicted molar refractivity (Wildman–Crippen MR) is 77.1 cm³/mol. The van der Waals surface area contributed by atoms with Crippen molar-refractivity contribution < 1.29 is 9.53 Å². The Kier molecular flexibility index (Phi) is 6.97. The summed E-state index contributed by atoms with van der Waals surface area (Å²) in [6.45, 7) is 3.30. The van der Waals surface area contributed by atoms with Crippen LogP contribution in [0.25, 0.3) is 0 Å². The molecule has 1 aromatic rings. The molecule has 0 heterocycles. The third-order valence-electron chi connectivity index (χ3n) is 3.04. The molecule has 2 N–H and O–H groups in total. The topological polar surface area (TPSA) is 55.6 Å². The Hall–Kier alpha value is -1.55. The molecule has 1 aromatic carbocycles. The van der Waals surface area contributed by atoms with Crippen molar-refractivity contribution >= 4 is 5.91 Å². The predicted octanol–water partition coefficient (Wildman–Crippen LogP) is 2.04. The number of para-hydroxylation sites is 1. The van der Waals surface area contributed by atoms with Crippen molar-refractivity contribution in [1.82, 2.24) is 4.90 Å². The minimum Gasteiger partial charge on any atom is -0.494 e. The third kappa shape index (κ3) is 6.25. The van der Waals surface area contributed by atoms with Gasteiger partial charge in [0.2, 0.25) is 5.91 Å². The van der Waals surface area contributed by atoms with Gasteiger partial charge in [0.05, 0.1) is 6.61 Å². The van der Waals surface area contributed by atoms with E-state index in [0.717, 1.165) is 18.6 Å². The lowest BCUT2D eigenvalue weighted by atomic mass is 10.1. The molecule has 0 aliphatic carbocycles. The minimum atomic E-state index is -0.0319. The Morgan fingerprint density at radius 2 is 2.05 bits per heavy atom. The van der Waals surface area contributed by atoms with Crippen LogP contribution in [-0.2, 0) is 4.79 Å². The second-order valence-electron chi connectivity index (χ2n) is 4.70. The lowest BCUT2D eigenvalue weighted by Crippen LogP contribution is -2.34. The maximum Gasteiger partial charge on any atom is 0.223 e. The Morgan fingerprint density at radius 1 is 1.37 bits per heavy atom. The van der Waals surface area contributed by atoms with Crippen LogP contribution in [0.2, 0.25) is 0 Å². The molecule has 0 spiro atoms. The van der Waals surface area contributed by atoms with Gasteiger partial charge in [0, 0.05) is 26.1 Å². The quantitative estimate of drug-likeness (QED) is 0.731. The molecule has 0 aliphatic heterocycles. The van der Waals surface area contributed by atoms with Gasteiger partial charge in [0.1, 0.15) is 5.75 Å². The minimum absolute atomic E-state index is 0.0319. The molecule has 1 unspecified atom stereocenters. The maximum atomic E-state index is 11.8. The molecule has 4 heteroatoms. The fraction of sp³-hybridized carbons (Fsp3) is 0.533. The van der Waals surface area contributed by atoms with Gasteiger partial charge in [-0.25, -0.2) is 0 Å². The highest BCUT2D eigenvalue weighted by Gasteiger charge is 2.11. The number of nitrogens with two attached hydrogens (primary N) is 1. The number of benzene rings is 1. The van der Waals surface area contributed by atoms with Crippen LogP contribution in [-0.4, -0.2) is 37.0 Å². The van der Waals surface area contributed by atoms with Crippen LogP contribution >= 0.6 is 0 Å². The van der Waals surface area contributed by atoms with E-state index in [4.69, 9.17) is 10.5 Å². The summed E-state index contributed by atoms with van der Waals surface area (Å²) in [5.74, 6) is 0.971. The molecule has 0 saturated heterocycles. The Labute approximate surface area is 115 Å². The number of nitrogens with zero attached hydrogens (tertiary/aromatic N) is 1. The molecule has 1 amide bonds. The monoisotopic (exact) mass is 264 g/mol. The molecule has 0 bridgehead atoms. The molecule has 1 rings (SSSR count). The molecule has 19 heavy (non-hydrogen) atoms. The molecule has 1 atom stereocenters. The Bertz CT molecular complexity index is 368.